The van der Waals surface area contributed by atoms with E-state index in [9.17, 15) is 4.79 Å². The van der Waals surface area contributed by atoms with Crippen LogP contribution in [0.2, 0.25) is 0 Å². The SMILES string of the molecule is Cl.Cl.O=C1CCNC2(CNC2)N1. The van der Waals surface area contributed by atoms with E-state index in [4.69, 9.17) is 0 Å². The Labute approximate surface area is 83.7 Å². The van der Waals surface area contributed by atoms with Crippen molar-refractivity contribution in [3.63, 3.8) is 0 Å². The van der Waals surface area contributed by atoms with E-state index in [1.807, 2.05) is 0 Å². The van der Waals surface area contributed by atoms with Crippen LogP contribution in [-0.4, -0.2) is 31.2 Å². The van der Waals surface area contributed by atoms with E-state index in [1.54, 1.807) is 0 Å². The van der Waals surface area contributed by atoms with Crippen molar-refractivity contribution in [2.45, 2.75) is 12.1 Å². The number of rotatable bonds is 0. The van der Waals surface area contributed by atoms with Gasteiger partial charge in [-0.1, -0.05) is 0 Å². The third-order valence-corrected chi connectivity index (χ3v) is 2.05. The molecule has 0 unspecified atom stereocenters. The average Bonchev–Trinajstić information content (AvgIpc) is 1.85. The minimum Gasteiger partial charge on any atom is -0.336 e. The van der Waals surface area contributed by atoms with E-state index >= 15 is 0 Å². The minimum absolute atomic E-state index is 0. The van der Waals surface area contributed by atoms with Gasteiger partial charge in [-0.15, -0.1) is 24.8 Å². The lowest BCUT2D eigenvalue weighted by Gasteiger charge is -2.46. The Hall–Kier alpha value is -0.0300. The van der Waals surface area contributed by atoms with Gasteiger partial charge in [0.25, 0.3) is 0 Å². The summed E-state index contributed by atoms with van der Waals surface area (Å²) in [5.74, 6) is 0.167. The minimum atomic E-state index is -0.0880. The second-order valence-corrected chi connectivity index (χ2v) is 2.91. The van der Waals surface area contributed by atoms with Crippen LogP contribution in [-0.2, 0) is 4.79 Å². The first-order valence-corrected chi connectivity index (χ1v) is 3.58. The van der Waals surface area contributed by atoms with Gasteiger partial charge in [0, 0.05) is 26.1 Å². The third-order valence-electron chi connectivity index (χ3n) is 2.05. The molecule has 0 atom stereocenters. The highest BCUT2D eigenvalue weighted by molar-refractivity contribution is 5.85. The summed E-state index contributed by atoms with van der Waals surface area (Å²) in [6, 6.07) is 0. The van der Waals surface area contributed by atoms with Crippen molar-refractivity contribution in [3.05, 3.63) is 0 Å². The summed E-state index contributed by atoms with van der Waals surface area (Å²) in [6.07, 6.45) is 0.613. The fraction of sp³-hybridized carbons (Fsp3) is 0.833. The molecule has 3 N–H and O–H groups in total. The molecule has 2 aliphatic heterocycles. The molecule has 2 aliphatic rings. The molecule has 4 nitrogen and oxygen atoms in total. The number of hydrogen-bond donors (Lipinski definition) is 3. The number of hydrogen-bond acceptors (Lipinski definition) is 3. The van der Waals surface area contributed by atoms with Crippen molar-refractivity contribution in [1.82, 2.24) is 16.0 Å². The van der Waals surface area contributed by atoms with Gasteiger partial charge in [0.05, 0.1) is 0 Å². The van der Waals surface area contributed by atoms with E-state index in [0.717, 1.165) is 19.6 Å². The normalized spacial score (nSPS) is 24.5. The lowest BCUT2D eigenvalue weighted by Crippen LogP contribution is -2.78. The molecule has 0 aromatic heterocycles. The van der Waals surface area contributed by atoms with E-state index < -0.39 is 0 Å². The molecule has 2 heterocycles. The van der Waals surface area contributed by atoms with Crippen molar-refractivity contribution < 1.29 is 4.79 Å². The van der Waals surface area contributed by atoms with E-state index in [0.29, 0.717) is 6.42 Å². The smallest absolute Gasteiger partial charge is 0.222 e. The maximum absolute atomic E-state index is 10.9. The number of amides is 1. The molecule has 1 spiro atoms. The maximum Gasteiger partial charge on any atom is 0.222 e. The van der Waals surface area contributed by atoms with Crippen LogP contribution in [0.5, 0.6) is 0 Å². The largest absolute Gasteiger partial charge is 0.336 e. The predicted octanol–water partition coefficient (Wildman–Crippen LogP) is -0.761. The fourth-order valence-corrected chi connectivity index (χ4v) is 1.38. The van der Waals surface area contributed by atoms with Crippen molar-refractivity contribution in [3.8, 4) is 0 Å². The second-order valence-electron chi connectivity index (χ2n) is 2.91. The van der Waals surface area contributed by atoms with Crippen molar-refractivity contribution in [1.29, 1.82) is 0 Å². The highest BCUT2D eigenvalue weighted by Crippen LogP contribution is 2.09. The Balaban J connectivity index is 0.000000605. The van der Waals surface area contributed by atoms with Gasteiger partial charge in [-0.25, -0.2) is 0 Å². The molecule has 2 fully saturated rings. The molecule has 12 heavy (non-hydrogen) atoms. The van der Waals surface area contributed by atoms with E-state index in [-0.39, 0.29) is 36.4 Å². The lowest BCUT2D eigenvalue weighted by atomic mass is 10.0. The Morgan fingerprint density at radius 1 is 1.25 bits per heavy atom. The molecule has 1 amide bonds. The highest BCUT2D eigenvalue weighted by atomic mass is 35.5. The lowest BCUT2D eigenvalue weighted by molar-refractivity contribution is -0.126. The maximum atomic E-state index is 10.9. The zero-order chi connectivity index (χ0) is 7.03. The van der Waals surface area contributed by atoms with Gasteiger partial charge in [-0.3, -0.25) is 10.1 Å². The summed E-state index contributed by atoms with van der Waals surface area (Å²) in [6.45, 7) is 2.53. The molecule has 0 aliphatic carbocycles. The molecule has 0 radical (unpaired) electrons. The predicted molar refractivity (Wildman–Crippen MR) is 50.9 cm³/mol. The van der Waals surface area contributed by atoms with Gasteiger partial charge in [-0.05, 0) is 0 Å². The topological polar surface area (TPSA) is 53.2 Å². The Bertz CT molecular complexity index is 172. The van der Waals surface area contributed by atoms with Crippen LogP contribution >= 0.6 is 24.8 Å². The van der Waals surface area contributed by atoms with Gasteiger partial charge in [0.15, 0.2) is 0 Å². The number of carbonyl (C=O) groups excluding carboxylic acids is 1. The van der Waals surface area contributed by atoms with Crippen molar-refractivity contribution in [2.75, 3.05) is 19.6 Å². The fourth-order valence-electron chi connectivity index (χ4n) is 1.38. The zero-order valence-corrected chi connectivity index (χ0v) is 8.19. The first kappa shape index (κ1) is 12.0. The van der Waals surface area contributed by atoms with Crippen LogP contribution in [0, 0.1) is 0 Å². The summed E-state index contributed by atoms with van der Waals surface area (Å²) >= 11 is 0. The monoisotopic (exact) mass is 213 g/mol. The molecule has 2 rings (SSSR count). The van der Waals surface area contributed by atoms with Crippen LogP contribution in [0.15, 0.2) is 0 Å². The Morgan fingerprint density at radius 2 is 1.92 bits per heavy atom. The Kier molecular flexibility index (Phi) is 4.26. The number of nitrogens with one attached hydrogen (secondary N) is 3. The van der Waals surface area contributed by atoms with Crippen LogP contribution in [0.1, 0.15) is 6.42 Å². The van der Waals surface area contributed by atoms with Crippen molar-refractivity contribution >= 4 is 30.7 Å². The molecule has 0 aromatic carbocycles. The molecular weight excluding hydrogens is 201 g/mol. The molecule has 0 aromatic rings. The average molecular weight is 214 g/mol. The molecule has 0 saturated carbocycles. The van der Waals surface area contributed by atoms with Gasteiger partial charge >= 0.3 is 0 Å². The van der Waals surface area contributed by atoms with Crippen LogP contribution in [0.3, 0.4) is 0 Å². The van der Waals surface area contributed by atoms with Crippen LogP contribution < -0.4 is 16.0 Å². The van der Waals surface area contributed by atoms with Crippen LogP contribution in [0.25, 0.3) is 0 Å². The zero-order valence-electron chi connectivity index (χ0n) is 6.55. The Morgan fingerprint density at radius 3 is 2.25 bits per heavy atom. The first-order chi connectivity index (χ1) is 4.81. The molecular formula is C6H13Cl2N3O. The molecule has 0 bridgehead atoms. The summed E-state index contributed by atoms with van der Waals surface area (Å²) in [7, 11) is 0. The third kappa shape index (κ3) is 2.01. The number of halogens is 2. The summed E-state index contributed by atoms with van der Waals surface area (Å²) in [4.78, 5) is 10.9. The second kappa shape index (κ2) is 4.28. The molecule has 72 valence electrons. The summed E-state index contributed by atoms with van der Waals surface area (Å²) in [5.41, 5.74) is -0.0880. The quantitative estimate of drug-likeness (QED) is 0.496. The summed E-state index contributed by atoms with van der Waals surface area (Å²) in [5, 5.41) is 9.30. The first-order valence-electron chi connectivity index (χ1n) is 3.58. The van der Waals surface area contributed by atoms with Gasteiger partial charge in [0.1, 0.15) is 5.66 Å². The van der Waals surface area contributed by atoms with Crippen LogP contribution in [0.4, 0.5) is 0 Å². The van der Waals surface area contributed by atoms with E-state index in [1.165, 1.54) is 0 Å². The summed E-state index contributed by atoms with van der Waals surface area (Å²) < 4.78 is 0. The van der Waals surface area contributed by atoms with Crippen molar-refractivity contribution in [2.24, 2.45) is 0 Å². The van der Waals surface area contributed by atoms with E-state index in [2.05, 4.69) is 16.0 Å². The van der Waals surface area contributed by atoms with Gasteiger partial charge in [-0.2, -0.15) is 0 Å². The number of carbonyl (C=O) groups is 1. The molecule has 2 saturated heterocycles. The standard InChI is InChI=1S/C6H11N3O.2ClH/c10-5-1-2-8-6(9-5)3-7-4-6;;/h7-8H,1-4H2,(H,9,10);2*1H. The van der Waals surface area contributed by atoms with Gasteiger partial charge < -0.3 is 10.6 Å². The molecule has 6 heteroatoms. The van der Waals surface area contributed by atoms with Gasteiger partial charge in [0.2, 0.25) is 5.91 Å². The highest BCUT2D eigenvalue weighted by Gasteiger charge is 2.39.